The summed E-state index contributed by atoms with van der Waals surface area (Å²) in [5.41, 5.74) is -0.139. The van der Waals surface area contributed by atoms with E-state index in [1.165, 1.54) is 12.1 Å². The van der Waals surface area contributed by atoms with E-state index in [9.17, 15) is 18.0 Å². The van der Waals surface area contributed by atoms with Crippen LogP contribution in [-0.4, -0.2) is 26.3 Å². The summed E-state index contributed by atoms with van der Waals surface area (Å²) in [5.74, 6) is 0.859. The van der Waals surface area contributed by atoms with Crippen molar-refractivity contribution in [2.45, 2.75) is 12.8 Å². The Morgan fingerprint density at radius 2 is 1.83 bits per heavy atom. The van der Waals surface area contributed by atoms with Gasteiger partial charge in [0.15, 0.2) is 11.3 Å². The molecule has 0 amide bonds. The maximum Gasteiger partial charge on any atom is 0.416 e. The Kier molecular flexibility index (Phi) is 5.19. The molecule has 0 N–H and O–H groups in total. The molecule has 4 rings (SSSR count). The number of rotatable bonds is 4. The summed E-state index contributed by atoms with van der Waals surface area (Å²) >= 11 is 0. The van der Waals surface area contributed by atoms with Gasteiger partial charge in [0.05, 0.1) is 24.2 Å². The zero-order chi connectivity index (χ0) is 20.4. The molecule has 1 aliphatic heterocycles. The van der Waals surface area contributed by atoms with Gasteiger partial charge in [-0.2, -0.15) is 13.2 Å². The molecule has 29 heavy (non-hydrogen) atoms. The Morgan fingerprint density at radius 3 is 2.59 bits per heavy atom. The molecule has 1 fully saturated rings. The smallest absolute Gasteiger partial charge is 0.416 e. The van der Waals surface area contributed by atoms with Crippen LogP contribution in [0.3, 0.4) is 0 Å². The van der Waals surface area contributed by atoms with Crippen LogP contribution in [0.2, 0.25) is 0 Å². The SMILES string of the molecule is O=c1cc(N2CCOCC2)oc2cc(OCc3cccc(C(F)(F)F)c3)ccc12. The average Bonchev–Trinajstić information content (AvgIpc) is 2.72. The monoisotopic (exact) mass is 405 g/mol. The zero-order valence-corrected chi connectivity index (χ0v) is 15.4. The van der Waals surface area contributed by atoms with Gasteiger partial charge in [-0.3, -0.25) is 4.79 Å². The van der Waals surface area contributed by atoms with Gasteiger partial charge >= 0.3 is 6.18 Å². The molecule has 0 unspecified atom stereocenters. The quantitative estimate of drug-likeness (QED) is 0.650. The second-order valence-electron chi connectivity index (χ2n) is 6.69. The number of benzene rings is 2. The summed E-state index contributed by atoms with van der Waals surface area (Å²) in [6, 6.07) is 11.2. The van der Waals surface area contributed by atoms with Gasteiger partial charge in [-0.25, -0.2) is 0 Å². The van der Waals surface area contributed by atoms with Crippen LogP contribution in [0.4, 0.5) is 19.1 Å². The van der Waals surface area contributed by atoms with Gasteiger partial charge < -0.3 is 18.8 Å². The molecule has 1 saturated heterocycles. The molecule has 0 spiro atoms. The summed E-state index contributed by atoms with van der Waals surface area (Å²) in [6.07, 6.45) is -4.40. The number of hydrogen-bond donors (Lipinski definition) is 0. The van der Waals surface area contributed by atoms with Crippen LogP contribution in [-0.2, 0) is 17.5 Å². The molecule has 0 radical (unpaired) electrons. The molecule has 8 heteroatoms. The molecule has 152 valence electrons. The van der Waals surface area contributed by atoms with E-state index in [1.807, 2.05) is 4.90 Å². The van der Waals surface area contributed by atoms with Crippen molar-refractivity contribution in [1.82, 2.24) is 0 Å². The molecule has 1 aliphatic rings. The van der Waals surface area contributed by atoms with Crippen molar-refractivity contribution in [3.8, 4) is 5.75 Å². The molecule has 2 aromatic carbocycles. The average molecular weight is 405 g/mol. The molecule has 5 nitrogen and oxygen atoms in total. The first-order valence-corrected chi connectivity index (χ1v) is 9.10. The highest BCUT2D eigenvalue weighted by molar-refractivity contribution is 5.79. The van der Waals surface area contributed by atoms with Gasteiger partial charge in [0.2, 0.25) is 0 Å². The molecule has 0 aliphatic carbocycles. The van der Waals surface area contributed by atoms with Gasteiger partial charge in [0, 0.05) is 25.2 Å². The highest BCUT2D eigenvalue weighted by Crippen LogP contribution is 2.30. The van der Waals surface area contributed by atoms with E-state index in [0.29, 0.717) is 54.5 Å². The van der Waals surface area contributed by atoms with Gasteiger partial charge in [0.25, 0.3) is 0 Å². The van der Waals surface area contributed by atoms with Crippen LogP contribution >= 0.6 is 0 Å². The Bertz CT molecular complexity index is 1070. The number of fused-ring (bicyclic) bond motifs is 1. The van der Waals surface area contributed by atoms with E-state index in [-0.39, 0.29) is 12.0 Å². The number of halogens is 3. The standard InChI is InChI=1S/C21H18F3NO4/c22-21(23,24)15-3-1-2-14(10-15)13-28-16-4-5-17-18(26)12-20(29-19(17)11-16)25-6-8-27-9-7-25/h1-5,10-12H,6-9,13H2. The predicted octanol–water partition coefficient (Wildman–Crippen LogP) is 4.23. The van der Waals surface area contributed by atoms with E-state index >= 15 is 0 Å². The van der Waals surface area contributed by atoms with Crippen LogP contribution in [0.1, 0.15) is 11.1 Å². The van der Waals surface area contributed by atoms with Gasteiger partial charge in [-0.1, -0.05) is 12.1 Å². The van der Waals surface area contributed by atoms with Gasteiger partial charge in [0.1, 0.15) is 17.9 Å². The van der Waals surface area contributed by atoms with Crippen molar-refractivity contribution in [3.63, 3.8) is 0 Å². The molecule has 3 aromatic rings. The summed E-state index contributed by atoms with van der Waals surface area (Å²) in [7, 11) is 0. The van der Waals surface area contributed by atoms with E-state index < -0.39 is 11.7 Å². The Labute approximate surface area is 164 Å². The van der Waals surface area contributed by atoms with Crippen molar-refractivity contribution in [1.29, 1.82) is 0 Å². The maximum absolute atomic E-state index is 12.8. The molecule has 0 bridgehead atoms. The van der Waals surface area contributed by atoms with Crippen molar-refractivity contribution in [2.24, 2.45) is 0 Å². The normalized spacial score (nSPS) is 14.9. The topological polar surface area (TPSA) is 51.9 Å². The minimum atomic E-state index is -4.40. The lowest BCUT2D eigenvalue weighted by Gasteiger charge is -2.27. The van der Waals surface area contributed by atoms with Crippen LogP contribution in [0.15, 0.2) is 57.7 Å². The number of ether oxygens (including phenoxy) is 2. The third kappa shape index (κ3) is 4.37. The summed E-state index contributed by atoms with van der Waals surface area (Å²) < 4.78 is 55.3. The summed E-state index contributed by atoms with van der Waals surface area (Å²) in [4.78, 5) is 14.3. The first kappa shape index (κ1) is 19.3. The third-order valence-electron chi connectivity index (χ3n) is 4.67. The van der Waals surface area contributed by atoms with Crippen LogP contribution in [0.5, 0.6) is 5.75 Å². The summed E-state index contributed by atoms with van der Waals surface area (Å²) in [6.45, 7) is 2.33. The molecular formula is C21H18F3NO4. The second kappa shape index (κ2) is 7.79. The second-order valence-corrected chi connectivity index (χ2v) is 6.69. The Morgan fingerprint density at radius 1 is 1.03 bits per heavy atom. The number of morpholine rings is 1. The van der Waals surface area contributed by atoms with Crippen molar-refractivity contribution >= 4 is 16.9 Å². The summed E-state index contributed by atoms with van der Waals surface area (Å²) in [5, 5.41) is 0.411. The zero-order valence-electron chi connectivity index (χ0n) is 15.4. The molecule has 0 atom stereocenters. The third-order valence-corrected chi connectivity index (χ3v) is 4.67. The lowest BCUT2D eigenvalue weighted by molar-refractivity contribution is -0.137. The first-order chi connectivity index (χ1) is 13.9. The van der Waals surface area contributed by atoms with E-state index in [2.05, 4.69) is 0 Å². The number of anilines is 1. The Hall–Kier alpha value is -3.00. The first-order valence-electron chi connectivity index (χ1n) is 9.10. The van der Waals surface area contributed by atoms with E-state index in [1.54, 1.807) is 24.3 Å². The Balaban J connectivity index is 1.56. The van der Waals surface area contributed by atoms with Gasteiger partial charge in [-0.15, -0.1) is 0 Å². The maximum atomic E-state index is 12.8. The number of alkyl halides is 3. The van der Waals surface area contributed by atoms with Crippen LogP contribution in [0, 0.1) is 0 Å². The molecule has 1 aromatic heterocycles. The number of nitrogens with zero attached hydrogens (tertiary/aromatic N) is 1. The van der Waals surface area contributed by atoms with Crippen molar-refractivity contribution in [2.75, 3.05) is 31.2 Å². The molecular weight excluding hydrogens is 387 g/mol. The van der Waals surface area contributed by atoms with Gasteiger partial charge in [-0.05, 0) is 29.8 Å². The lowest BCUT2D eigenvalue weighted by Crippen LogP contribution is -2.36. The minimum Gasteiger partial charge on any atom is -0.489 e. The minimum absolute atomic E-state index is 0.0389. The highest BCUT2D eigenvalue weighted by atomic mass is 19.4. The fraction of sp³-hybridized carbons (Fsp3) is 0.286. The lowest BCUT2D eigenvalue weighted by atomic mass is 10.1. The van der Waals surface area contributed by atoms with E-state index in [0.717, 1.165) is 12.1 Å². The van der Waals surface area contributed by atoms with Crippen LogP contribution < -0.4 is 15.1 Å². The molecule has 0 saturated carbocycles. The largest absolute Gasteiger partial charge is 0.489 e. The van der Waals surface area contributed by atoms with E-state index in [4.69, 9.17) is 13.9 Å². The number of hydrogen-bond acceptors (Lipinski definition) is 5. The fourth-order valence-corrected chi connectivity index (χ4v) is 3.16. The fourth-order valence-electron chi connectivity index (χ4n) is 3.16. The van der Waals surface area contributed by atoms with Crippen LogP contribution in [0.25, 0.3) is 11.0 Å². The molecule has 2 heterocycles. The predicted molar refractivity (Wildman–Crippen MR) is 101 cm³/mol. The highest BCUT2D eigenvalue weighted by Gasteiger charge is 2.30. The van der Waals surface area contributed by atoms with Crippen molar-refractivity contribution in [3.05, 3.63) is 69.9 Å². The van der Waals surface area contributed by atoms with Crippen molar-refractivity contribution < 1.29 is 27.1 Å².